The summed E-state index contributed by atoms with van der Waals surface area (Å²) in [6, 6.07) is 30.2. The zero-order valence-electron chi connectivity index (χ0n) is 18.0. The van der Waals surface area contributed by atoms with Crippen LogP contribution in [0.4, 0.5) is 0 Å². The maximum absolute atomic E-state index is 6.37. The van der Waals surface area contributed by atoms with Crippen LogP contribution in [0, 0.1) is 6.92 Å². The number of para-hydroxylation sites is 2. The van der Waals surface area contributed by atoms with Crippen LogP contribution in [-0.4, -0.2) is 9.38 Å². The molecule has 4 aromatic heterocycles. The quantitative estimate of drug-likeness (QED) is 0.267. The molecule has 0 bridgehead atoms. The molecule has 0 N–H and O–H groups in total. The molecule has 3 nitrogen and oxygen atoms in total. The molecule has 0 aliphatic carbocycles. The minimum Gasteiger partial charge on any atom is -0.456 e. The summed E-state index contributed by atoms with van der Waals surface area (Å²) in [5.41, 5.74) is 8.86. The number of aromatic nitrogens is 2. The van der Waals surface area contributed by atoms with Crippen LogP contribution in [-0.2, 0) is 0 Å². The van der Waals surface area contributed by atoms with E-state index in [0.29, 0.717) is 0 Å². The van der Waals surface area contributed by atoms with Crippen molar-refractivity contribution in [3.8, 4) is 11.3 Å². The lowest BCUT2D eigenvalue weighted by Crippen LogP contribution is -1.85. The molecule has 0 aliphatic rings. The largest absolute Gasteiger partial charge is 0.456 e. The van der Waals surface area contributed by atoms with Crippen molar-refractivity contribution in [2.24, 2.45) is 0 Å². The van der Waals surface area contributed by atoms with Crippen LogP contribution in [0.2, 0.25) is 0 Å². The molecule has 154 valence electrons. The third kappa shape index (κ3) is 2.12. The van der Waals surface area contributed by atoms with Gasteiger partial charge in [-0.2, -0.15) is 0 Å². The smallest absolute Gasteiger partial charge is 0.136 e. The van der Waals surface area contributed by atoms with E-state index in [0.717, 1.165) is 22.4 Å². The summed E-state index contributed by atoms with van der Waals surface area (Å²) in [4.78, 5) is 4.66. The van der Waals surface area contributed by atoms with E-state index < -0.39 is 0 Å². The number of benzene rings is 4. The molecule has 4 heterocycles. The Morgan fingerprint density at radius 2 is 1.48 bits per heavy atom. The lowest BCUT2D eigenvalue weighted by Gasteiger charge is -2.03. The van der Waals surface area contributed by atoms with Crippen LogP contribution in [0.25, 0.3) is 71.3 Å². The monoisotopic (exact) mass is 422 g/mol. The predicted octanol–water partition coefficient (Wildman–Crippen LogP) is 8.11. The van der Waals surface area contributed by atoms with Gasteiger partial charge in [0, 0.05) is 44.1 Å². The van der Waals surface area contributed by atoms with Crippen LogP contribution in [0.15, 0.2) is 95.5 Å². The van der Waals surface area contributed by atoms with Crippen molar-refractivity contribution >= 4 is 60.0 Å². The van der Waals surface area contributed by atoms with Crippen LogP contribution in [0.1, 0.15) is 5.56 Å². The minimum absolute atomic E-state index is 0.932. The average molecular weight is 422 g/mol. The lowest BCUT2D eigenvalue weighted by molar-refractivity contribution is 0.669. The third-order valence-electron chi connectivity index (χ3n) is 7.01. The van der Waals surface area contributed by atoms with Gasteiger partial charge in [-0.3, -0.25) is 4.98 Å². The van der Waals surface area contributed by atoms with Gasteiger partial charge in [-0.1, -0.05) is 48.5 Å². The molecule has 3 heteroatoms. The normalized spacial score (nSPS) is 12.4. The van der Waals surface area contributed by atoms with E-state index in [2.05, 4.69) is 95.2 Å². The molecule has 0 atom stereocenters. The molecule has 4 aromatic carbocycles. The summed E-state index contributed by atoms with van der Waals surface area (Å²) >= 11 is 0. The Bertz CT molecular complexity index is 2020. The average Bonchev–Trinajstić information content (AvgIpc) is 3.49. The number of hydrogen-bond donors (Lipinski definition) is 0. The zero-order valence-corrected chi connectivity index (χ0v) is 18.0. The van der Waals surface area contributed by atoms with E-state index >= 15 is 0 Å². The molecule has 8 rings (SSSR count). The SMILES string of the molecule is Cc1ccc(-c2ccc3c(c2)c2cc4oc5ccccc5c4c4c5ccccc5n3c24)nc1. The fourth-order valence-corrected chi connectivity index (χ4v) is 5.57. The topological polar surface area (TPSA) is 30.4 Å². The van der Waals surface area contributed by atoms with Gasteiger partial charge in [-0.15, -0.1) is 0 Å². The first-order chi connectivity index (χ1) is 16.3. The molecule has 0 amide bonds. The first kappa shape index (κ1) is 17.2. The van der Waals surface area contributed by atoms with Gasteiger partial charge in [-0.05, 0) is 48.9 Å². The molecule has 0 radical (unpaired) electrons. The summed E-state index contributed by atoms with van der Waals surface area (Å²) in [6.45, 7) is 2.07. The molecule has 0 saturated heterocycles. The standard InChI is InChI=1S/C30H18N2O/c1-17-10-12-23(31-16-17)18-11-13-25-21(14-18)22-15-27-28(20-7-3-5-9-26(20)33-27)29-19-6-2-4-8-24(19)32(25)30(22)29/h2-16H,1H3. The van der Waals surface area contributed by atoms with E-state index in [1.807, 2.05) is 12.3 Å². The molecular weight excluding hydrogens is 404 g/mol. The summed E-state index contributed by atoms with van der Waals surface area (Å²) in [7, 11) is 0. The first-order valence-electron chi connectivity index (χ1n) is 11.2. The second kappa shape index (κ2) is 5.90. The highest BCUT2D eigenvalue weighted by molar-refractivity contribution is 6.34. The van der Waals surface area contributed by atoms with Crippen LogP contribution in [0.5, 0.6) is 0 Å². The Kier molecular flexibility index (Phi) is 3.08. The number of fused-ring (bicyclic) bond motifs is 10. The van der Waals surface area contributed by atoms with Gasteiger partial charge in [0.25, 0.3) is 0 Å². The fraction of sp³-hybridized carbons (Fsp3) is 0.0333. The maximum atomic E-state index is 6.37. The van der Waals surface area contributed by atoms with E-state index in [9.17, 15) is 0 Å². The minimum atomic E-state index is 0.932. The van der Waals surface area contributed by atoms with Crippen molar-refractivity contribution in [3.05, 3.63) is 96.7 Å². The molecule has 0 fully saturated rings. The van der Waals surface area contributed by atoms with Crippen molar-refractivity contribution in [3.63, 3.8) is 0 Å². The van der Waals surface area contributed by atoms with E-state index in [4.69, 9.17) is 4.42 Å². The second-order valence-corrected chi connectivity index (χ2v) is 8.92. The van der Waals surface area contributed by atoms with Gasteiger partial charge in [0.1, 0.15) is 11.2 Å². The van der Waals surface area contributed by atoms with Crippen molar-refractivity contribution in [1.82, 2.24) is 9.38 Å². The Morgan fingerprint density at radius 3 is 2.36 bits per heavy atom. The van der Waals surface area contributed by atoms with Gasteiger partial charge in [-0.25, -0.2) is 0 Å². The third-order valence-corrected chi connectivity index (χ3v) is 7.01. The van der Waals surface area contributed by atoms with Crippen molar-refractivity contribution < 1.29 is 4.42 Å². The van der Waals surface area contributed by atoms with Crippen molar-refractivity contribution in [2.75, 3.05) is 0 Å². The second-order valence-electron chi connectivity index (χ2n) is 8.92. The maximum Gasteiger partial charge on any atom is 0.136 e. The highest BCUT2D eigenvalue weighted by Crippen LogP contribution is 2.46. The predicted molar refractivity (Wildman–Crippen MR) is 136 cm³/mol. The summed E-state index contributed by atoms with van der Waals surface area (Å²) in [5, 5.41) is 7.35. The first-order valence-corrected chi connectivity index (χ1v) is 11.2. The van der Waals surface area contributed by atoms with E-state index in [-0.39, 0.29) is 0 Å². The van der Waals surface area contributed by atoms with Gasteiger partial charge < -0.3 is 8.82 Å². The molecule has 0 saturated carbocycles. The molecule has 33 heavy (non-hydrogen) atoms. The van der Waals surface area contributed by atoms with Gasteiger partial charge >= 0.3 is 0 Å². The van der Waals surface area contributed by atoms with Crippen molar-refractivity contribution in [2.45, 2.75) is 6.92 Å². The number of hydrogen-bond acceptors (Lipinski definition) is 2. The number of furan rings is 1. The van der Waals surface area contributed by atoms with Crippen LogP contribution >= 0.6 is 0 Å². The van der Waals surface area contributed by atoms with Crippen LogP contribution in [0.3, 0.4) is 0 Å². The van der Waals surface area contributed by atoms with Gasteiger partial charge in [0.05, 0.1) is 22.2 Å². The van der Waals surface area contributed by atoms with Crippen LogP contribution < -0.4 is 0 Å². The molecule has 8 aromatic rings. The molecule has 0 aliphatic heterocycles. The Balaban J connectivity index is 1.61. The highest BCUT2D eigenvalue weighted by atomic mass is 16.3. The molecule has 0 unspecified atom stereocenters. The van der Waals surface area contributed by atoms with Crippen molar-refractivity contribution in [1.29, 1.82) is 0 Å². The Labute approximate surface area is 188 Å². The van der Waals surface area contributed by atoms with Gasteiger partial charge in [0.2, 0.25) is 0 Å². The lowest BCUT2D eigenvalue weighted by atomic mass is 10.0. The molecular formula is C30H18N2O. The van der Waals surface area contributed by atoms with Gasteiger partial charge in [0.15, 0.2) is 0 Å². The summed E-state index contributed by atoms with van der Waals surface area (Å²) < 4.78 is 8.79. The Hall–Kier alpha value is -4.37. The highest BCUT2D eigenvalue weighted by Gasteiger charge is 2.22. The Morgan fingerprint density at radius 1 is 0.667 bits per heavy atom. The zero-order chi connectivity index (χ0) is 21.7. The number of aryl methyl sites for hydroxylation is 1. The fourth-order valence-electron chi connectivity index (χ4n) is 5.57. The summed E-state index contributed by atoms with van der Waals surface area (Å²) in [6.07, 6.45) is 1.93. The summed E-state index contributed by atoms with van der Waals surface area (Å²) in [5.74, 6) is 0. The number of nitrogens with zero attached hydrogens (tertiary/aromatic N) is 2. The van der Waals surface area contributed by atoms with E-state index in [1.54, 1.807) is 0 Å². The van der Waals surface area contributed by atoms with E-state index in [1.165, 1.54) is 54.4 Å². The number of rotatable bonds is 1. The molecule has 0 spiro atoms. The number of pyridine rings is 1.